The Morgan fingerprint density at radius 3 is 2.61 bits per heavy atom. The Hall–Kier alpha value is -0.960. The predicted octanol–water partition coefficient (Wildman–Crippen LogP) is 0.564. The molecule has 4 N–H and O–H groups in total. The molecule has 0 spiro atoms. The molecule has 4 saturated carbocycles. The van der Waals surface area contributed by atoms with Crippen LogP contribution in [0.2, 0.25) is 0 Å². The lowest BCUT2D eigenvalue weighted by atomic mass is 9.39. The van der Waals surface area contributed by atoms with Gasteiger partial charge in [0.05, 0.1) is 23.1 Å². The highest BCUT2D eigenvalue weighted by molar-refractivity contribution is 6.21. The van der Waals surface area contributed by atoms with Crippen LogP contribution in [0.5, 0.6) is 0 Å². The SMILES string of the molecule is CC1CNC(NC(=O)C23CC(NC(=O)COC4CCC(Cl)C(F)C4)(C2)C3)CN1. The number of alkyl halides is 2. The van der Waals surface area contributed by atoms with Crippen molar-refractivity contribution in [2.24, 2.45) is 5.41 Å². The van der Waals surface area contributed by atoms with Crippen molar-refractivity contribution in [1.29, 1.82) is 0 Å². The van der Waals surface area contributed by atoms with Gasteiger partial charge >= 0.3 is 0 Å². The van der Waals surface area contributed by atoms with E-state index >= 15 is 0 Å². The minimum absolute atomic E-state index is 0.0425. The molecule has 5 rings (SSSR count). The molecule has 28 heavy (non-hydrogen) atoms. The van der Waals surface area contributed by atoms with Crippen LogP contribution in [0.1, 0.15) is 45.4 Å². The molecule has 1 saturated heterocycles. The van der Waals surface area contributed by atoms with Gasteiger partial charge in [-0.3, -0.25) is 14.9 Å². The summed E-state index contributed by atoms with van der Waals surface area (Å²) in [5.41, 5.74) is -0.597. The number of ether oxygens (including phenoxy) is 1. The summed E-state index contributed by atoms with van der Waals surface area (Å²) in [4.78, 5) is 24.8. The number of piperazine rings is 1. The lowest BCUT2D eigenvalue weighted by Gasteiger charge is -2.69. The second-order valence-corrected chi connectivity index (χ2v) is 9.72. The molecule has 5 atom stereocenters. The van der Waals surface area contributed by atoms with Crippen LogP contribution in [0.15, 0.2) is 0 Å². The van der Waals surface area contributed by atoms with Gasteiger partial charge in [0, 0.05) is 31.1 Å². The second kappa shape index (κ2) is 7.70. The molecule has 5 unspecified atom stereocenters. The number of hydrogen-bond acceptors (Lipinski definition) is 5. The molecule has 7 nitrogen and oxygen atoms in total. The van der Waals surface area contributed by atoms with E-state index in [1.807, 2.05) is 0 Å². The van der Waals surface area contributed by atoms with Crippen molar-refractivity contribution >= 4 is 23.4 Å². The normalized spacial score (nSPS) is 44.8. The van der Waals surface area contributed by atoms with Crippen LogP contribution in [0.4, 0.5) is 4.39 Å². The van der Waals surface area contributed by atoms with E-state index in [0.717, 1.165) is 6.54 Å². The van der Waals surface area contributed by atoms with Gasteiger partial charge in [-0.25, -0.2) is 4.39 Å². The van der Waals surface area contributed by atoms with Crippen molar-refractivity contribution in [2.45, 2.75) is 80.8 Å². The van der Waals surface area contributed by atoms with E-state index in [-0.39, 0.29) is 48.1 Å². The fourth-order valence-electron chi connectivity index (χ4n) is 5.08. The number of amides is 2. The molecule has 2 bridgehead atoms. The average Bonchev–Trinajstić information content (AvgIpc) is 2.59. The van der Waals surface area contributed by atoms with E-state index in [1.54, 1.807) is 0 Å². The number of carbonyl (C=O) groups is 2. The highest BCUT2D eigenvalue weighted by Gasteiger charge is 2.72. The van der Waals surface area contributed by atoms with Crippen molar-refractivity contribution in [3.63, 3.8) is 0 Å². The van der Waals surface area contributed by atoms with Crippen molar-refractivity contribution in [3.05, 3.63) is 0 Å². The first-order valence-corrected chi connectivity index (χ1v) is 10.7. The summed E-state index contributed by atoms with van der Waals surface area (Å²) in [6, 6.07) is 0.407. The van der Waals surface area contributed by atoms with Gasteiger partial charge in [-0.05, 0) is 39.0 Å². The minimum Gasteiger partial charge on any atom is -0.368 e. The summed E-state index contributed by atoms with van der Waals surface area (Å²) in [5.74, 6) is -0.121. The third-order valence-corrected chi connectivity index (χ3v) is 7.15. The first-order valence-electron chi connectivity index (χ1n) is 10.3. The molecule has 2 amide bonds. The zero-order valence-corrected chi connectivity index (χ0v) is 17.0. The standard InChI is InChI=1S/C19H30ClFN4O3/c1-11-5-23-15(6-22-11)24-17(27)18-8-19(9-18,10-18)25-16(26)7-28-12-2-3-13(20)14(21)4-12/h11-15,22-23H,2-10H2,1H3,(H,24,27)(H,25,26). The molecule has 0 aromatic carbocycles. The van der Waals surface area contributed by atoms with Crippen molar-refractivity contribution < 1.29 is 18.7 Å². The molecule has 5 aliphatic rings. The largest absolute Gasteiger partial charge is 0.368 e. The topological polar surface area (TPSA) is 91.5 Å². The summed E-state index contributed by atoms with van der Waals surface area (Å²) in [7, 11) is 0. The fourth-order valence-corrected chi connectivity index (χ4v) is 5.31. The van der Waals surface area contributed by atoms with Crippen LogP contribution in [-0.2, 0) is 14.3 Å². The Labute approximate surface area is 169 Å². The first kappa shape index (κ1) is 20.3. The van der Waals surface area contributed by atoms with E-state index in [4.69, 9.17) is 16.3 Å². The molecule has 0 radical (unpaired) electrons. The summed E-state index contributed by atoms with van der Waals surface area (Å²) in [6.45, 7) is 3.57. The molecular formula is C19H30ClFN4O3. The van der Waals surface area contributed by atoms with Gasteiger partial charge in [0.15, 0.2) is 0 Å². The Morgan fingerprint density at radius 2 is 1.96 bits per heavy atom. The summed E-state index contributed by atoms with van der Waals surface area (Å²) < 4.78 is 19.2. The second-order valence-electron chi connectivity index (χ2n) is 9.16. The Balaban J connectivity index is 1.15. The van der Waals surface area contributed by atoms with Crippen molar-refractivity contribution in [3.8, 4) is 0 Å². The molecule has 5 fully saturated rings. The van der Waals surface area contributed by atoms with Gasteiger partial charge in [0.1, 0.15) is 12.8 Å². The van der Waals surface area contributed by atoms with Gasteiger partial charge in [-0.15, -0.1) is 11.6 Å². The molecule has 9 heteroatoms. The maximum atomic E-state index is 13.6. The number of hydrogen-bond donors (Lipinski definition) is 4. The Bertz CT molecular complexity index is 609. The minimum atomic E-state index is -1.07. The molecule has 158 valence electrons. The number of nitrogens with one attached hydrogen (secondary N) is 4. The number of rotatable bonds is 6. The maximum absolute atomic E-state index is 13.6. The summed E-state index contributed by atoms with van der Waals surface area (Å²) >= 11 is 5.87. The highest BCUT2D eigenvalue weighted by atomic mass is 35.5. The molecule has 0 aromatic rings. The Kier molecular flexibility index (Phi) is 5.59. The molecule has 0 aromatic heterocycles. The van der Waals surface area contributed by atoms with Crippen LogP contribution in [0.25, 0.3) is 0 Å². The van der Waals surface area contributed by atoms with Crippen molar-refractivity contribution in [1.82, 2.24) is 21.3 Å². The quantitative estimate of drug-likeness (QED) is 0.475. The van der Waals surface area contributed by atoms with Gasteiger partial charge in [-0.1, -0.05) is 0 Å². The monoisotopic (exact) mass is 416 g/mol. The van der Waals surface area contributed by atoms with Gasteiger partial charge < -0.3 is 20.7 Å². The zero-order valence-electron chi connectivity index (χ0n) is 16.2. The lowest BCUT2D eigenvalue weighted by Crippen LogP contribution is -2.79. The smallest absolute Gasteiger partial charge is 0.246 e. The average molecular weight is 417 g/mol. The van der Waals surface area contributed by atoms with E-state index in [1.165, 1.54) is 0 Å². The molecule has 1 aliphatic heterocycles. The number of halogens is 2. The Morgan fingerprint density at radius 1 is 1.21 bits per heavy atom. The van der Waals surface area contributed by atoms with Crippen LogP contribution in [-0.4, -0.2) is 66.9 Å². The van der Waals surface area contributed by atoms with Gasteiger partial charge in [0.2, 0.25) is 11.8 Å². The van der Waals surface area contributed by atoms with E-state index in [0.29, 0.717) is 44.7 Å². The van der Waals surface area contributed by atoms with Gasteiger partial charge in [0.25, 0.3) is 0 Å². The van der Waals surface area contributed by atoms with Crippen LogP contribution in [0, 0.1) is 5.41 Å². The predicted molar refractivity (Wildman–Crippen MR) is 103 cm³/mol. The maximum Gasteiger partial charge on any atom is 0.246 e. The van der Waals surface area contributed by atoms with Crippen LogP contribution in [0.3, 0.4) is 0 Å². The summed E-state index contributed by atoms with van der Waals surface area (Å²) in [5, 5.41) is 12.3. The van der Waals surface area contributed by atoms with Crippen LogP contribution < -0.4 is 21.3 Å². The van der Waals surface area contributed by atoms with E-state index in [2.05, 4.69) is 28.2 Å². The molecular weight excluding hydrogens is 387 g/mol. The fraction of sp³-hybridized carbons (Fsp3) is 0.895. The highest BCUT2D eigenvalue weighted by Crippen LogP contribution is 2.67. The third kappa shape index (κ3) is 4.01. The molecule has 1 heterocycles. The van der Waals surface area contributed by atoms with Crippen molar-refractivity contribution in [2.75, 3.05) is 19.7 Å². The van der Waals surface area contributed by atoms with Crippen LogP contribution >= 0.6 is 11.6 Å². The summed E-state index contributed by atoms with van der Waals surface area (Å²) in [6.07, 6.45) is 2.17. The lowest BCUT2D eigenvalue weighted by molar-refractivity contribution is -0.185. The van der Waals surface area contributed by atoms with E-state index < -0.39 is 11.5 Å². The molecule has 4 aliphatic carbocycles. The third-order valence-electron chi connectivity index (χ3n) is 6.66. The van der Waals surface area contributed by atoms with Gasteiger partial charge in [-0.2, -0.15) is 0 Å². The zero-order chi connectivity index (χ0) is 19.9. The number of carbonyl (C=O) groups excluding carboxylic acids is 2. The first-order chi connectivity index (χ1) is 13.3. The van der Waals surface area contributed by atoms with E-state index in [9.17, 15) is 14.0 Å².